The van der Waals surface area contributed by atoms with Crippen LogP contribution < -0.4 is 0 Å². The van der Waals surface area contributed by atoms with Gasteiger partial charge in [0.15, 0.2) is 0 Å². The van der Waals surface area contributed by atoms with Crippen molar-refractivity contribution in [3.8, 4) is 0 Å². The lowest BCUT2D eigenvalue weighted by Crippen LogP contribution is -2.53. The maximum Gasteiger partial charge on any atom is 0.309 e. The summed E-state index contributed by atoms with van der Waals surface area (Å²) in [6.45, 7) is 2.95. The fraction of sp³-hybridized carbons (Fsp3) is 0.524. The van der Waals surface area contributed by atoms with Crippen molar-refractivity contribution >= 4 is 35.5 Å². The number of ether oxygens (including phenoxy) is 1. The minimum Gasteiger partial charge on any atom is -0.466 e. The van der Waals surface area contributed by atoms with Gasteiger partial charge in [-0.05, 0) is 50.3 Å². The van der Waals surface area contributed by atoms with Gasteiger partial charge in [0.05, 0.1) is 23.7 Å². The zero-order valence-electron chi connectivity index (χ0n) is 16.8. The Labute approximate surface area is 174 Å². The van der Waals surface area contributed by atoms with Crippen molar-refractivity contribution in [1.82, 2.24) is 9.80 Å². The van der Waals surface area contributed by atoms with Crippen LogP contribution >= 0.6 is 11.8 Å². The van der Waals surface area contributed by atoms with Gasteiger partial charge < -0.3 is 9.64 Å². The Hall–Kier alpha value is -2.35. The van der Waals surface area contributed by atoms with Crippen LogP contribution in [-0.2, 0) is 14.3 Å². The van der Waals surface area contributed by atoms with E-state index in [4.69, 9.17) is 4.74 Å². The molecule has 0 aromatic heterocycles. The first-order chi connectivity index (χ1) is 14.0. The molecular formula is C21H26N2O5S. The highest BCUT2D eigenvalue weighted by Gasteiger charge is 2.44. The fourth-order valence-corrected chi connectivity index (χ4v) is 4.35. The largest absolute Gasteiger partial charge is 0.466 e. The molecule has 0 aliphatic carbocycles. The summed E-state index contributed by atoms with van der Waals surface area (Å²) in [5.41, 5.74) is 0.695. The number of benzene rings is 1. The molecule has 2 aliphatic heterocycles. The Morgan fingerprint density at radius 2 is 1.72 bits per heavy atom. The Balaban J connectivity index is 1.75. The van der Waals surface area contributed by atoms with E-state index in [1.165, 1.54) is 0 Å². The molecule has 2 heterocycles. The summed E-state index contributed by atoms with van der Waals surface area (Å²) in [6.07, 6.45) is 3.39. The second-order valence-electron chi connectivity index (χ2n) is 7.17. The number of esters is 1. The van der Waals surface area contributed by atoms with Crippen LogP contribution in [0.1, 0.15) is 46.9 Å². The predicted octanol–water partition coefficient (Wildman–Crippen LogP) is 2.21. The third kappa shape index (κ3) is 4.32. The molecule has 0 spiro atoms. The van der Waals surface area contributed by atoms with Crippen LogP contribution in [0.3, 0.4) is 0 Å². The van der Waals surface area contributed by atoms with Crippen molar-refractivity contribution in [2.24, 2.45) is 5.92 Å². The number of fused-ring (bicyclic) bond motifs is 1. The van der Waals surface area contributed by atoms with E-state index in [0.29, 0.717) is 55.8 Å². The Bertz CT molecular complexity index is 769. The molecule has 1 fully saturated rings. The average Bonchev–Trinajstić information content (AvgIpc) is 2.99. The van der Waals surface area contributed by atoms with E-state index in [-0.39, 0.29) is 17.8 Å². The molecule has 156 valence electrons. The minimum absolute atomic E-state index is 0.206. The summed E-state index contributed by atoms with van der Waals surface area (Å²) < 4.78 is 5.08. The number of amides is 3. The second kappa shape index (κ2) is 9.43. The summed E-state index contributed by atoms with van der Waals surface area (Å²) in [6, 6.07) is 5.85. The standard InChI is InChI=1S/C21H26N2O5S/c1-3-28-21(27)14-8-11-22(12-9-14)20(26)17(10-13-29-2)23-18(24)15-6-4-5-7-16(15)19(23)25/h4-7,14,17H,3,8-13H2,1-2H3/t17-/m0/s1. The predicted molar refractivity (Wildman–Crippen MR) is 110 cm³/mol. The van der Waals surface area contributed by atoms with E-state index in [9.17, 15) is 19.2 Å². The lowest BCUT2D eigenvalue weighted by atomic mass is 9.96. The molecule has 3 amide bonds. The quantitative estimate of drug-likeness (QED) is 0.499. The number of likely N-dealkylation sites (tertiary alicyclic amines) is 1. The van der Waals surface area contributed by atoms with Crippen LogP contribution in [0.5, 0.6) is 0 Å². The topological polar surface area (TPSA) is 84.0 Å². The summed E-state index contributed by atoms with van der Waals surface area (Å²) in [5, 5.41) is 0. The van der Waals surface area contributed by atoms with Crippen LogP contribution in [0, 0.1) is 5.92 Å². The Kier molecular flexibility index (Phi) is 6.95. The van der Waals surface area contributed by atoms with Crippen molar-refractivity contribution < 1.29 is 23.9 Å². The number of hydrogen-bond donors (Lipinski definition) is 0. The van der Waals surface area contributed by atoms with Crippen LogP contribution in [0.25, 0.3) is 0 Å². The number of carbonyl (C=O) groups is 4. The van der Waals surface area contributed by atoms with Gasteiger partial charge in [-0.25, -0.2) is 0 Å². The summed E-state index contributed by atoms with van der Waals surface area (Å²) in [7, 11) is 0. The fourth-order valence-electron chi connectivity index (χ4n) is 3.89. The maximum atomic E-state index is 13.3. The zero-order valence-corrected chi connectivity index (χ0v) is 17.6. The molecule has 29 heavy (non-hydrogen) atoms. The van der Waals surface area contributed by atoms with Gasteiger partial charge in [0, 0.05) is 13.1 Å². The number of thioether (sulfide) groups is 1. The number of piperidine rings is 1. The van der Waals surface area contributed by atoms with Crippen molar-refractivity contribution in [2.75, 3.05) is 31.7 Å². The monoisotopic (exact) mass is 418 g/mol. The van der Waals surface area contributed by atoms with Gasteiger partial charge in [-0.3, -0.25) is 24.1 Å². The van der Waals surface area contributed by atoms with Crippen molar-refractivity contribution in [1.29, 1.82) is 0 Å². The first kappa shape index (κ1) is 21.4. The van der Waals surface area contributed by atoms with Crippen LogP contribution in [-0.4, -0.2) is 71.2 Å². The second-order valence-corrected chi connectivity index (χ2v) is 8.16. The highest BCUT2D eigenvalue weighted by Crippen LogP contribution is 2.28. The molecule has 2 aliphatic rings. The van der Waals surface area contributed by atoms with Gasteiger partial charge in [0.2, 0.25) is 5.91 Å². The molecule has 1 aromatic rings. The number of carbonyl (C=O) groups excluding carboxylic acids is 4. The van der Waals surface area contributed by atoms with Crippen molar-refractivity contribution in [3.63, 3.8) is 0 Å². The van der Waals surface area contributed by atoms with Gasteiger partial charge in [0.1, 0.15) is 6.04 Å². The third-order valence-electron chi connectivity index (χ3n) is 5.44. The van der Waals surface area contributed by atoms with Gasteiger partial charge in [-0.2, -0.15) is 11.8 Å². The average molecular weight is 419 g/mol. The molecule has 0 unspecified atom stereocenters. The molecule has 1 saturated heterocycles. The molecule has 0 radical (unpaired) electrons. The lowest BCUT2D eigenvalue weighted by Gasteiger charge is -2.35. The van der Waals surface area contributed by atoms with Gasteiger partial charge >= 0.3 is 5.97 Å². The molecular weight excluding hydrogens is 392 g/mol. The van der Waals surface area contributed by atoms with Crippen molar-refractivity contribution in [2.45, 2.75) is 32.2 Å². The summed E-state index contributed by atoms with van der Waals surface area (Å²) >= 11 is 1.57. The molecule has 0 N–H and O–H groups in total. The first-order valence-electron chi connectivity index (χ1n) is 9.90. The van der Waals surface area contributed by atoms with Crippen LogP contribution in [0.15, 0.2) is 24.3 Å². The van der Waals surface area contributed by atoms with Gasteiger partial charge in [-0.15, -0.1) is 0 Å². The third-order valence-corrected chi connectivity index (χ3v) is 6.09. The summed E-state index contributed by atoms with van der Waals surface area (Å²) in [4.78, 5) is 53.8. The van der Waals surface area contributed by atoms with Crippen LogP contribution in [0.4, 0.5) is 0 Å². The highest BCUT2D eigenvalue weighted by molar-refractivity contribution is 7.98. The van der Waals surface area contributed by atoms with Crippen LogP contribution in [0.2, 0.25) is 0 Å². The minimum atomic E-state index is -0.825. The number of nitrogens with zero attached hydrogens (tertiary/aromatic N) is 2. The molecule has 0 saturated carbocycles. The van der Waals surface area contributed by atoms with E-state index in [1.807, 2.05) is 6.26 Å². The molecule has 1 atom stereocenters. The first-order valence-corrected chi connectivity index (χ1v) is 11.3. The Morgan fingerprint density at radius 3 is 2.24 bits per heavy atom. The van der Waals surface area contributed by atoms with E-state index < -0.39 is 17.9 Å². The van der Waals surface area contributed by atoms with E-state index in [2.05, 4.69) is 0 Å². The normalized spacial score (nSPS) is 18.0. The number of hydrogen-bond acceptors (Lipinski definition) is 6. The molecule has 3 rings (SSSR count). The molecule has 8 heteroatoms. The SMILES string of the molecule is CCOC(=O)C1CCN(C(=O)[C@H](CCSC)N2C(=O)c3ccccc3C2=O)CC1. The zero-order chi connectivity index (χ0) is 21.0. The van der Waals surface area contributed by atoms with E-state index in [0.717, 1.165) is 4.90 Å². The van der Waals surface area contributed by atoms with E-state index in [1.54, 1.807) is 47.9 Å². The Morgan fingerprint density at radius 1 is 1.14 bits per heavy atom. The van der Waals surface area contributed by atoms with Gasteiger partial charge in [0.25, 0.3) is 11.8 Å². The smallest absolute Gasteiger partial charge is 0.309 e. The molecule has 1 aromatic carbocycles. The lowest BCUT2D eigenvalue weighted by molar-refractivity contribution is -0.151. The number of imide groups is 1. The number of rotatable bonds is 7. The summed E-state index contributed by atoms with van der Waals surface area (Å²) in [5.74, 6) is -0.820. The van der Waals surface area contributed by atoms with Crippen molar-refractivity contribution in [3.05, 3.63) is 35.4 Å². The molecule has 0 bridgehead atoms. The highest BCUT2D eigenvalue weighted by atomic mass is 32.2. The maximum absolute atomic E-state index is 13.3. The molecule has 7 nitrogen and oxygen atoms in total. The van der Waals surface area contributed by atoms with Gasteiger partial charge in [-0.1, -0.05) is 12.1 Å². The van der Waals surface area contributed by atoms with E-state index >= 15 is 0 Å².